The lowest BCUT2D eigenvalue weighted by atomic mass is 9.83. The lowest BCUT2D eigenvalue weighted by Crippen LogP contribution is -2.58. The number of nitrogens with zero attached hydrogens (tertiary/aromatic N) is 6. The van der Waals surface area contributed by atoms with Crippen molar-refractivity contribution in [1.29, 1.82) is 0 Å². The van der Waals surface area contributed by atoms with Gasteiger partial charge in [0.15, 0.2) is 0 Å². The molecule has 0 radical (unpaired) electrons. The van der Waals surface area contributed by atoms with Gasteiger partial charge in [0.1, 0.15) is 5.82 Å². The van der Waals surface area contributed by atoms with E-state index in [1.54, 1.807) is 0 Å². The summed E-state index contributed by atoms with van der Waals surface area (Å²) >= 11 is 0. The first kappa shape index (κ1) is 24.6. The van der Waals surface area contributed by atoms with E-state index in [1.807, 2.05) is 18.5 Å². The number of aromatic nitrogens is 4. The number of rotatable bonds is 3. The molecule has 2 aromatic heterocycles. The molecule has 0 amide bonds. The van der Waals surface area contributed by atoms with Crippen molar-refractivity contribution in [2.24, 2.45) is 0 Å². The van der Waals surface area contributed by atoms with Gasteiger partial charge in [0.2, 0.25) is 5.95 Å². The van der Waals surface area contributed by atoms with Gasteiger partial charge in [-0.3, -0.25) is 4.90 Å². The number of likely N-dealkylation sites (N-methyl/N-ethyl adjacent to an activating group) is 1. The summed E-state index contributed by atoms with van der Waals surface area (Å²) in [7, 11) is 0. The SMILES string of the molecule is CCN1CCn2c(-c3ccccc3)cnc2C12CCN(c1ncccn1)CC2.O=C(O)C(F)(F)F. The summed E-state index contributed by atoms with van der Waals surface area (Å²) < 4.78 is 34.2. The van der Waals surface area contributed by atoms with Gasteiger partial charge in [-0.1, -0.05) is 37.3 Å². The van der Waals surface area contributed by atoms with Gasteiger partial charge in [0, 0.05) is 38.6 Å². The molecule has 5 rings (SSSR count). The van der Waals surface area contributed by atoms with Gasteiger partial charge in [-0.15, -0.1) is 0 Å². The Kier molecular flexibility index (Phi) is 7.06. The van der Waals surface area contributed by atoms with E-state index in [0.717, 1.165) is 51.5 Å². The van der Waals surface area contributed by atoms with E-state index >= 15 is 0 Å². The van der Waals surface area contributed by atoms with Crippen molar-refractivity contribution < 1.29 is 23.1 Å². The summed E-state index contributed by atoms with van der Waals surface area (Å²) in [6.45, 7) is 7.30. The third kappa shape index (κ3) is 5.00. The second-order valence-corrected chi connectivity index (χ2v) is 8.43. The van der Waals surface area contributed by atoms with Crippen LogP contribution in [0.2, 0.25) is 0 Å². The van der Waals surface area contributed by atoms with Crippen LogP contribution in [-0.4, -0.2) is 67.9 Å². The predicted molar refractivity (Wildman–Crippen MR) is 124 cm³/mol. The van der Waals surface area contributed by atoms with Crippen molar-refractivity contribution in [3.63, 3.8) is 0 Å². The molecule has 0 aliphatic carbocycles. The van der Waals surface area contributed by atoms with Crippen molar-refractivity contribution in [3.8, 4) is 11.3 Å². The van der Waals surface area contributed by atoms with Gasteiger partial charge in [-0.05, 0) is 31.0 Å². The van der Waals surface area contributed by atoms with Crippen LogP contribution in [0, 0.1) is 0 Å². The average molecular weight is 489 g/mol. The van der Waals surface area contributed by atoms with Gasteiger partial charge >= 0.3 is 12.1 Å². The van der Waals surface area contributed by atoms with E-state index in [4.69, 9.17) is 14.9 Å². The van der Waals surface area contributed by atoms with Gasteiger partial charge in [-0.25, -0.2) is 19.7 Å². The second kappa shape index (κ2) is 10.0. The Labute approximate surface area is 201 Å². The topological polar surface area (TPSA) is 87.4 Å². The second-order valence-electron chi connectivity index (χ2n) is 8.43. The molecule has 3 aromatic rings. The van der Waals surface area contributed by atoms with Crippen LogP contribution < -0.4 is 4.90 Å². The molecule has 4 heterocycles. The van der Waals surface area contributed by atoms with Crippen LogP contribution in [0.3, 0.4) is 0 Å². The number of anilines is 1. The Morgan fingerprint density at radius 3 is 2.20 bits per heavy atom. The van der Waals surface area contributed by atoms with Gasteiger partial charge < -0.3 is 14.6 Å². The van der Waals surface area contributed by atoms with Crippen LogP contribution in [-0.2, 0) is 16.9 Å². The molecule has 186 valence electrons. The predicted octanol–water partition coefficient (Wildman–Crippen LogP) is 3.80. The summed E-state index contributed by atoms with van der Waals surface area (Å²) in [5, 5.41) is 7.12. The largest absolute Gasteiger partial charge is 0.490 e. The summed E-state index contributed by atoms with van der Waals surface area (Å²) in [6, 6.07) is 12.5. The number of piperidine rings is 1. The Hall–Kier alpha value is -3.47. The summed E-state index contributed by atoms with van der Waals surface area (Å²) in [5.74, 6) is -0.690. The highest BCUT2D eigenvalue weighted by Crippen LogP contribution is 2.42. The first-order valence-corrected chi connectivity index (χ1v) is 11.4. The first-order valence-electron chi connectivity index (χ1n) is 11.4. The zero-order valence-electron chi connectivity index (χ0n) is 19.3. The molecule has 8 nitrogen and oxygen atoms in total. The van der Waals surface area contributed by atoms with Crippen molar-refractivity contribution >= 4 is 11.9 Å². The molecule has 0 saturated carbocycles. The first-order chi connectivity index (χ1) is 16.8. The number of halogens is 3. The molecular formula is C24H27F3N6O2. The smallest absolute Gasteiger partial charge is 0.475 e. The van der Waals surface area contributed by atoms with E-state index in [-0.39, 0.29) is 5.54 Å². The fourth-order valence-corrected chi connectivity index (χ4v) is 4.92. The maximum Gasteiger partial charge on any atom is 0.490 e. The zero-order valence-corrected chi connectivity index (χ0v) is 19.3. The number of carboxylic acid groups (broad SMARTS) is 1. The lowest BCUT2D eigenvalue weighted by Gasteiger charge is -2.50. The van der Waals surface area contributed by atoms with Crippen LogP contribution in [0.1, 0.15) is 25.6 Å². The van der Waals surface area contributed by atoms with Crippen LogP contribution in [0.15, 0.2) is 55.0 Å². The van der Waals surface area contributed by atoms with Crippen LogP contribution in [0.5, 0.6) is 0 Å². The van der Waals surface area contributed by atoms with E-state index in [0.29, 0.717) is 0 Å². The van der Waals surface area contributed by atoms with Crippen LogP contribution >= 0.6 is 0 Å². The minimum Gasteiger partial charge on any atom is -0.475 e. The number of fused-ring (bicyclic) bond motifs is 2. The van der Waals surface area contributed by atoms with Gasteiger partial charge in [0.05, 0.1) is 17.4 Å². The zero-order chi connectivity index (χ0) is 25.1. The lowest BCUT2D eigenvalue weighted by molar-refractivity contribution is -0.192. The molecule has 0 unspecified atom stereocenters. The number of hydrogen-bond acceptors (Lipinski definition) is 6. The van der Waals surface area contributed by atoms with Crippen LogP contribution in [0.25, 0.3) is 11.3 Å². The van der Waals surface area contributed by atoms with E-state index in [9.17, 15) is 13.2 Å². The molecule has 11 heteroatoms. The van der Waals surface area contributed by atoms with Crippen LogP contribution in [0.4, 0.5) is 19.1 Å². The number of carbonyl (C=O) groups is 1. The summed E-state index contributed by atoms with van der Waals surface area (Å²) in [4.78, 5) is 27.7. The number of alkyl halides is 3. The molecule has 1 spiro atoms. The molecule has 2 aliphatic heterocycles. The summed E-state index contributed by atoms with van der Waals surface area (Å²) in [5.41, 5.74) is 2.49. The molecule has 1 N–H and O–H groups in total. The molecule has 0 atom stereocenters. The highest BCUT2D eigenvalue weighted by Gasteiger charge is 2.47. The Morgan fingerprint density at radius 2 is 1.63 bits per heavy atom. The fraction of sp³-hybridized carbons (Fsp3) is 0.417. The number of hydrogen-bond donors (Lipinski definition) is 1. The number of aliphatic carboxylic acids is 1. The van der Waals surface area contributed by atoms with Crippen molar-refractivity contribution in [2.75, 3.05) is 31.1 Å². The Balaban J connectivity index is 0.000000364. The average Bonchev–Trinajstić information content (AvgIpc) is 3.31. The van der Waals surface area contributed by atoms with E-state index in [2.05, 4.69) is 67.8 Å². The van der Waals surface area contributed by atoms with E-state index < -0.39 is 12.1 Å². The third-order valence-corrected chi connectivity index (χ3v) is 6.59. The number of carboxylic acids is 1. The highest BCUT2D eigenvalue weighted by atomic mass is 19.4. The Morgan fingerprint density at radius 1 is 1.00 bits per heavy atom. The monoisotopic (exact) mass is 488 g/mol. The molecule has 1 aromatic carbocycles. The molecule has 0 bridgehead atoms. The normalized spacial score (nSPS) is 17.4. The minimum atomic E-state index is -5.08. The fourth-order valence-electron chi connectivity index (χ4n) is 4.92. The number of imidazole rings is 1. The maximum absolute atomic E-state index is 10.6. The van der Waals surface area contributed by atoms with Gasteiger partial charge in [-0.2, -0.15) is 13.2 Å². The number of benzene rings is 1. The van der Waals surface area contributed by atoms with Gasteiger partial charge in [0.25, 0.3) is 0 Å². The molecule has 35 heavy (non-hydrogen) atoms. The standard InChI is InChI=1S/C22H26N6.C2HF3O2/c1-2-27-15-16-28-19(18-7-4-3-5-8-18)17-25-20(28)22(27)9-13-26(14-10-22)21-23-11-6-12-24-21;3-2(4,5)1(6)7/h3-8,11-12,17H,2,9-10,13-16H2,1H3;(H,6,7). The summed E-state index contributed by atoms with van der Waals surface area (Å²) in [6.07, 6.45) is 2.72. The van der Waals surface area contributed by atoms with E-state index in [1.165, 1.54) is 17.1 Å². The minimum absolute atomic E-state index is 0.00527. The molecule has 1 fully saturated rings. The Bertz CT molecular complexity index is 1130. The maximum atomic E-state index is 10.6. The third-order valence-electron chi connectivity index (χ3n) is 6.59. The molecule has 1 saturated heterocycles. The van der Waals surface area contributed by atoms with Crippen molar-refractivity contribution in [2.45, 2.75) is 38.0 Å². The molecule has 2 aliphatic rings. The van der Waals surface area contributed by atoms with Crippen molar-refractivity contribution in [1.82, 2.24) is 24.4 Å². The highest BCUT2D eigenvalue weighted by molar-refractivity contribution is 5.73. The molecular weight excluding hydrogens is 461 g/mol. The quantitative estimate of drug-likeness (QED) is 0.600. The van der Waals surface area contributed by atoms with Crippen molar-refractivity contribution in [3.05, 3.63) is 60.8 Å².